The number of nitrogens with one attached hydrogen (secondary N) is 1. The van der Waals surface area contributed by atoms with Gasteiger partial charge in [-0.2, -0.15) is 0 Å². The summed E-state index contributed by atoms with van der Waals surface area (Å²) in [4.78, 5) is 0.159. The number of benzene rings is 1. The van der Waals surface area contributed by atoms with E-state index in [1.54, 1.807) is 13.0 Å². The summed E-state index contributed by atoms with van der Waals surface area (Å²) in [5.41, 5.74) is 6.25. The van der Waals surface area contributed by atoms with E-state index in [1.165, 1.54) is 12.1 Å². The fourth-order valence-electron chi connectivity index (χ4n) is 2.00. The summed E-state index contributed by atoms with van der Waals surface area (Å²) < 4.78 is 37.2. The van der Waals surface area contributed by atoms with Gasteiger partial charge in [0.1, 0.15) is 5.75 Å². The van der Waals surface area contributed by atoms with Gasteiger partial charge in [-0.15, -0.1) is 0 Å². The van der Waals surface area contributed by atoms with Gasteiger partial charge in [0, 0.05) is 25.1 Å². The van der Waals surface area contributed by atoms with Crippen molar-refractivity contribution in [2.75, 3.05) is 32.1 Å². The first-order valence-corrected chi connectivity index (χ1v) is 8.11. The van der Waals surface area contributed by atoms with E-state index in [-0.39, 0.29) is 4.90 Å². The van der Waals surface area contributed by atoms with Gasteiger partial charge < -0.3 is 15.2 Å². The Bertz CT molecular complexity index is 553. The van der Waals surface area contributed by atoms with Crippen molar-refractivity contribution in [3.05, 3.63) is 18.2 Å². The average molecular weight is 300 g/mol. The minimum Gasteiger partial charge on any atom is -0.491 e. The number of rotatable bonds is 6. The van der Waals surface area contributed by atoms with E-state index >= 15 is 0 Å². The van der Waals surface area contributed by atoms with Gasteiger partial charge >= 0.3 is 0 Å². The third-order valence-electron chi connectivity index (χ3n) is 3.13. The zero-order valence-electron chi connectivity index (χ0n) is 11.5. The lowest BCUT2D eigenvalue weighted by Gasteiger charge is -2.13. The van der Waals surface area contributed by atoms with Crippen molar-refractivity contribution in [2.45, 2.75) is 18.2 Å². The second kappa shape index (κ2) is 6.43. The molecule has 1 saturated heterocycles. The Labute approximate surface area is 119 Å². The predicted octanol–water partition coefficient (Wildman–Crippen LogP) is 0.982. The van der Waals surface area contributed by atoms with Crippen LogP contribution in [0.15, 0.2) is 23.1 Å². The number of hydrogen-bond donors (Lipinski definition) is 2. The summed E-state index contributed by atoms with van der Waals surface area (Å²) in [6.07, 6.45) is 0.954. The standard InChI is InChI=1S/C13H20N2O4S/c1-2-15-20(16,17)11-3-4-12(14)13(7-11)19-9-10-5-6-18-8-10/h3-4,7,10,15H,2,5-6,8-9,14H2,1H3. The van der Waals surface area contributed by atoms with Crippen LogP contribution in [0, 0.1) is 5.92 Å². The van der Waals surface area contributed by atoms with Gasteiger partial charge in [0.2, 0.25) is 10.0 Å². The van der Waals surface area contributed by atoms with Gasteiger partial charge in [-0.25, -0.2) is 13.1 Å². The van der Waals surface area contributed by atoms with Gasteiger partial charge in [-0.05, 0) is 18.6 Å². The molecule has 1 aromatic carbocycles. The third kappa shape index (κ3) is 3.62. The summed E-state index contributed by atoms with van der Waals surface area (Å²) in [5, 5.41) is 0. The summed E-state index contributed by atoms with van der Waals surface area (Å²) in [5.74, 6) is 0.735. The molecule has 1 fully saturated rings. The molecule has 1 aliphatic heterocycles. The Balaban J connectivity index is 2.11. The number of nitrogen functional groups attached to an aromatic ring is 1. The number of ether oxygens (including phenoxy) is 2. The van der Waals surface area contributed by atoms with Gasteiger partial charge in [0.25, 0.3) is 0 Å². The van der Waals surface area contributed by atoms with E-state index in [2.05, 4.69) is 4.72 Å². The van der Waals surface area contributed by atoms with Crippen molar-refractivity contribution in [1.82, 2.24) is 4.72 Å². The summed E-state index contributed by atoms with van der Waals surface area (Å²) in [6.45, 7) is 3.97. The fourth-order valence-corrected chi connectivity index (χ4v) is 3.06. The quantitative estimate of drug-likeness (QED) is 0.764. The Hall–Kier alpha value is -1.31. The van der Waals surface area contributed by atoms with Crippen LogP contribution in [0.1, 0.15) is 13.3 Å². The topological polar surface area (TPSA) is 90.7 Å². The normalized spacial score (nSPS) is 19.1. The lowest BCUT2D eigenvalue weighted by atomic mass is 10.1. The summed E-state index contributed by atoms with van der Waals surface area (Å²) >= 11 is 0. The highest BCUT2D eigenvalue weighted by Crippen LogP contribution is 2.26. The molecule has 0 aliphatic carbocycles. The highest BCUT2D eigenvalue weighted by atomic mass is 32.2. The van der Waals surface area contributed by atoms with E-state index in [4.69, 9.17) is 15.2 Å². The number of nitrogens with two attached hydrogens (primary N) is 1. The first kappa shape index (κ1) is 15.1. The van der Waals surface area contributed by atoms with Gasteiger partial charge in [-0.1, -0.05) is 6.92 Å². The van der Waals surface area contributed by atoms with Gasteiger partial charge in [-0.3, -0.25) is 0 Å². The van der Waals surface area contributed by atoms with Crippen LogP contribution in [0.5, 0.6) is 5.75 Å². The molecule has 112 valence electrons. The second-order valence-electron chi connectivity index (χ2n) is 4.74. The van der Waals surface area contributed by atoms with Crippen molar-refractivity contribution in [2.24, 2.45) is 5.92 Å². The minimum absolute atomic E-state index is 0.159. The van der Waals surface area contributed by atoms with Crippen LogP contribution >= 0.6 is 0 Å². The van der Waals surface area contributed by atoms with Crippen molar-refractivity contribution >= 4 is 15.7 Å². The lowest BCUT2D eigenvalue weighted by Crippen LogP contribution is -2.23. The smallest absolute Gasteiger partial charge is 0.240 e. The Morgan fingerprint density at radius 2 is 2.30 bits per heavy atom. The molecule has 1 unspecified atom stereocenters. The Morgan fingerprint density at radius 1 is 1.50 bits per heavy atom. The Kier molecular flexibility index (Phi) is 4.85. The first-order valence-electron chi connectivity index (χ1n) is 6.62. The zero-order chi connectivity index (χ0) is 14.6. The molecule has 6 nitrogen and oxygen atoms in total. The maximum Gasteiger partial charge on any atom is 0.240 e. The van der Waals surface area contributed by atoms with E-state index in [1.807, 2.05) is 0 Å². The van der Waals surface area contributed by atoms with Crippen LogP contribution in [-0.4, -0.2) is 34.8 Å². The van der Waals surface area contributed by atoms with Crippen molar-refractivity contribution in [1.29, 1.82) is 0 Å². The van der Waals surface area contributed by atoms with Crippen LogP contribution < -0.4 is 15.2 Å². The molecule has 2 rings (SSSR count). The van der Waals surface area contributed by atoms with E-state index in [0.29, 0.717) is 37.1 Å². The lowest BCUT2D eigenvalue weighted by molar-refractivity contribution is 0.167. The first-order chi connectivity index (χ1) is 9.53. The molecule has 0 amide bonds. The molecule has 7 heteroatoms. The van der Waals surface area contributed by atoms with Crippen LogP contribution in [0.4, 0.5) is 5.69 Å². The van der Waals surface area contributed by atoms with E-state index in [9.17, 15) is 8.42 Å². The molecule has 0 saturated carbocycles. The van der Waals surface area contributed by atoms with Crippen molar-refractivity contribution in [3.63, 3.8) is 0 Å². The van der Waals surface area contributed by atoms with Crippen molar-refractivity contribution in [3.8, 4) is 5.75 Å². The molecule has 1 heterocycles. The van der Waals surface area contributed by atoms with Crippen LogP contribution in [0.25, 0.3) is 0 Å². The second-order valence-corrected chi connectivity index (χ2v) is 6.51. The third-order valence-corrected chi connectivity index (χ3v) is 4.67. The SMILES string of the molecule is CCNS(=O)(=O)c1ccc(N)c(OCC2CCOC2)c1. The monoisotopic (exact) mass is 300 g/mol. The van der Waals surface area contributed by atoms with Gasteiger partial charge in [0.15, 0.2) is 0 Å². The number of hydrogen-bond acceptors (Lipinski definition) is 5. The molecule has 0 radical (unpaired) electrons. The molecule has 0 bridgehead atoms. The molecular formula is C13H20N2O4S. The maximum absolute atomic E-state index is 11.9. The highest BCUT2D eigenvalue weighted by molar-refractivity contribution is 7.89. The molecule has 20 heavy (non-hydrogen) atoms. The molecule has 1 aromatic rings. The molecule has 1 aliphatic rings. The van der Waals surface area contributed by atoms with Crippen LogP contribution in [-0.2, 0) is 14.8 Å². The van der Waals surface area contributed by atoms with Crippen LogP contribution in [0.2, 0.25) is 0 Å². The average Bonchev–Trinajstić information content (AvgIpc) is 2.90. The minimum atomic E-state index is -3.50. The largest absolute Gasteiger partial charge is 0.491 e. The van der Waals surface area contributed by atoms with Crippen LogP contribution in [0.3, 0.4) is 0 Å². The molecule has 0 spiro atoms. The predicted molar refractivity (Wildman–Crippen MR) is 76.1 cm³/mol. The molecule has 0 aromatic heterocycles. The number of anilines is 1. The fraction of sp³-hybridized carbons (Fsp3) is 0.538. The molecule has 1 atom stereocenters. The summed E-state index contributed by atoms with van der Waals surface area (Å²) in [6, 6.07) is 4.48. The number of sulfonamides is 1. The van der Waals surface area contributed by atoms with E-state index in [0.717, 1.165) is 13.0 Å². The van der Waals surface area contributed by atoms with Gasteiger partial charge in [0.05, 0.1) is 23.8 Å². The molecular weight excluding hydrogens is 280 g/mol. The Morgan fingerprint density at radius 3 is 2.95 bits per heavy atom. The zero-order valence-corrected chi connectivity index (χ0v) is 12.3. The summed E-state index contributed by atoms with van der Waals surface area (Å²) in [7, 11) is -3.50. The molecule has 3 N–H and O–H groups in total. The maximum atomic E-state index is 11.9. The van der Waals surface area contributed by atoms with Crippen molar-refractivity contribution < 1.29 is 17.9 Å². The van der Waals surface area contributed by atoms with E-state index < -0.39 is 10.0 Å². The highest BCUT2D eigenvalue weighted by Gasteiger charge is 2.18.